The summed E-state index contributed by atoms with van der Waals surface area (Å²) in [5.41, 5.74) is 8.89. The summed E-state index contributed by atoms with van der Waals surface area (Å²) in [5, 5.41) is 35.5. The minimum Gasteiger partial charge on any atom is -0.508 e. The highest BCUT2D eigenvalue weighted by molar-refractivity contribution is 5.93. The van der Waals surface area contributed by atoms with Crippen LogP contribution in [0.25, 0.3) is 21.8 Å². The van der Waals surface area contributed by atoms with Crippen LogP contribution in [0.3, 0.4) is 0 Å². The number of nitrogens with one attached hydrogen (secondary N) is 2. The number of nitrogens with zero attached hydrogens (tertiary/aromatic N) is 2. The molecule has 9 heteroatoms. The number of phenolic OH excluding ortho intramolecular Hbond substituents is 1. The number of likely N-dealkylation sites (N-methyl/N-ethyl adjacent to an activating group) is 1. The van der Waals surface area contributed by atoms with Crippen molar-refractivity contribution < 1.29 is 24.9 Å². The van der Waals surface area contributed by atoms with E-state index in [1.165, 1.54) is 23.9 Å². The number of hydrogen-bond donors (Lipinski definition) is 5. The molecule has 5 heterocycles. The van der Waals surface area contributed by atoms with Gasteiger partial charge in [0.25, 0.3) is 0 Å². The lowest BCUT2D eigenvalue weighted by atomic mass is 9.58. The maximum atomic E-state index is 14.1. The van der Waals surface area contributed by atoms with Gasteiger partial charge in [-0.25, -0.2) is 0 Å². The molecule has 8 rings (SSSR count). The SMILES string of the molecule is C/C=C1/CN2CCc3c([nH]c4ccc(O)c([C@H]5C[C@H]6/C(=C\C)CN(C)[C@@H](Cc7c5[nH]c5ccccc75)[C@@]6(CO)C(=O)OC)c34)[C@@H]2C[C@@H]1CCO. The number of piperidine rings is 2. The lowest BCUT2D eigenvalue weighted by molar-refractivity contribution is -0.169. The fourth-order valence-corrected chi connectivity index (χ4v) is 10.7. The molecule has 0 amide bonds. The van der Waals surface area contributed by atoms with Crippen LogP contribution in [-0.2, 0) is 22.4 Å². The smallest absolute Gasteiger partial charge is 0.316 e. The van der Waals surface area contributed by atoms with Crippen LogP contribution in [0, 0.1) is 17.3 Å². The number of carbonyl (C=O) groups excluding carboxylic acids is 1. The molecule has 4 aromatic rings. The third kappa shape index (κ3) is 4.77. The van der Waals surface area contributed by atoms with Gasteiger partial charge < -0.3 is 30.0 Å². The number of aliphatic hydroxyl groups excluding tert-OH is 2. The summed E-state index contributed by atoms with van der Waals surface area (Å²) in [5.74, 6) is -0.416. The molecule has 2 saturated heterocycles. The van der Waals surface area contributed by atoms with Crippen LogP contribution in [0.5, 0.6) is 5.75 Å². The van der Waals surface area contributed by atoms with E-state index >= 15 is 0 Å². The summed E-state index contributed by atoms with van der Waals surface area (Å²) >= 11 is 0. The molecule has 2 aromatic carbocycles. The highest BCUT2D eigenvalue weighted by Crippen LogP contribution is 2.55. The number of benzene rings is 2. The molecule has 1 aliphatic carbocycles. The average molecular weight is 679 g/mol. The van der Waals surface area contributed by atoms with Gasteiger partial charge in [-0.05, 0) is 88.2 Å². The van der Waals surface area contributed by atoms with E-state index in [0.29, 0.717) is 25.3 Å². The summed E-state index contributed by atoms with van der Waals surface area (Å²) < 4.78 is 5.56. The minimum absolute atomic E-state index is 0.174. The monoisotopic (exact) mass is 678 g/mol. The van der Waals surface area contributed by atoms with Crippen LogP contribution in [0.1, 0.15) is 73.1 Å². The van der Waals surface area contributed by atoms with E-state index in [0.717, 1.165) is 76.6 Å². The molecule has 0 radical (unpaired) electrons. The molecule has 0 unspecified atom stereocenters. The normalized spacial score (nSPS) is 30.2. The standard InChI is InChI=1S/C41H50N4O5/c1-5-23-21-45-15-13-27-36-32(43-39(27)33(45)17-25(23)14-16-46)11-12-34(48)37(36)29-18-30-24(6-2)20-44(3)35(41(30,22-47)40(49)50-4)19-28-26-9-7-8-10-31(26)42-38(28)29/h5-12,25,29-30,33,35,42-43,46-48H,13-22H2,1-4H3/b23-5-,24-6-/t25-,29+,30-,33-,35-,41-/m0/s1. The topological polar surface area (TPSA) is 125 Å². The Hall–Kier alpha value is -3.89. The van der Waals surface area contributed by atoms with Crippen LogP contribution in [0.2, 0.25) is 0 Å². The number of fused-ring (bicyclic) bond motifs is 10. The van der Waals surface area contributed by atoms with E-state index in [4.69, 9.17) is 4.74 Å². The number of esters is 1. The van der Waals surface area contributed by atoms with Gasteiger partial charge in [0.15, 0.2) is 0 Å². The zero-order chi connectivity index (χ0) is 34.9. The second-order valence-electron chi connectivity index (χ2n) is 15.1. The van der Waals surface area contributed by atoms with Gasteiger partial charge in [-0.2, -0.15) is 0 Å². The van der Waals surface area contributed by atoms with Gasteiger partial charge in [-0.3, -0.25) is 14.6 Å². The van der Waals surface area contributed by atoms with Crippen molar-refractivity contribution in [2.24, 2.45) is 17.3 Å². The molecule has 2 fully saturated rings. The first-order chi connectivity index (χ1) is 24.3. The number of phenols is 1. The maximum Gasteiger partial charge on any atom is 0.316 e. The third-order valence-corrected chi connectivity index (χ3v) is 13.0. The molecule has 5 N–H and O–H groups in total. The number of aliphatic hydroxyl groups is 2. The van der Waals surface area contributed by atoms with Crippen molar-refractivity contribution in [3.63, 3.8) is 0 Å². The van der Waals surface area contributed by atoms with E-state index in [2.05, 4.69) is 57.0 Å². The van der Waals surface area contributed by atoms with Gasteiger partial charge in [0.1, 0.15) is 11.2 Å². The second kappa shape index (κ2) is 12.7. The van der Waals surface area contributed by atoms with E-state index in [1.807, 2.05) is 32.2 Å². The fraction of sp³-hybridized carbons (Fsp3) is 0.488. The third-order valence-electron chi connectivity index (χ3n) is 13.0. The zero-order valence-electron chi connectivity index (χ0n) is 29.6. The van der Waals surface area contributed by atoms with Gasteiger partial charge >= 0.3 is 5.97 Å². The number of para-hydroxylation sites is 1. The number of aromatic amines is 2. The fourth-order valence-electron chi connectivity index (χ4n) is 10.7. The largest absolute Gasteiger partial charge is 0.508 e. The predicted molar refractivity (Wildman–Crippen MR) is 195 cm³/mol. The molecule has 6 atom stereocenters. The number of aromatic nitrogens is 2. The van der Waals surface area contributed by atoms with Gasteiger partial charge in [-0.1, -0.05) is 41.5 Å². The number of carbonyl (C=O) groups is 1. The predicted octanol–water partition coefficient (Wildman–Crippen LogP) is 5.71. The average Bonchev–Trinajstić information content (AvgIpc) is 3.69. The number of aromatic hydroxyl groups is 1. The number of allylic oxidation sites excluding steroid dienone is 2. The number of hydrogen-bond acceptors (Lipinski definition) is 7. The molecule has 50 heavy (non-hydrogen) atoms. The van der Waals surface area contributed by atoms with Crippen molar-refractivity contribution in [2.45, 2.75) is 64.0 Å². The first-order valence-electron chi connectivity index (χ1n) is 18.3. The van der Waals surface area contributed by atoms with Crippen molar-refractivity contribution in [1.82, 2.24) is 19.8 Å². The van der Waals surface area contributed by atoms with Gasteiger partial charge in [0, 0.05) is 82.9 Å². The molecule has 4 aliphatic rings. The van der Waals surface area contributed by atoms with Gasteiger partial charge in [0.05, 0.1) is 19.8 Å². The van der Waals surface area contributed by atoms with Crippen LogP contribution in [0.4, 0.5) is 0 Å². The highest BCUT2D eigenvalue weighted by Gasteiger charge is 2.59. The van der Waals surface area contributed by atoms with Crippen LogP contribution in [-0.4, -0.2) is 94.1 Å². The molecule has 0 saturated carbocycles. The minimum atomic E-state index is -1.19. The van der Waals surface area contributed by atoms with Crippen molar-refractivity contribution >= 4 is 27.8 Å². The number of H-pyrrole nitrogens is 2. The number of likely N-dealkylation sites (tertiary alicyclic amines) is 1. The van der Waals surface area contributed by atoms with E-state index in [9.17, 15) is 20.1 Å². The summed E-state index contributed by atoms with van der Waals surface area (Å²) in [7, 11) is 3.47. The molecular formula is C41H50N4O5. The Morgan fingerprint density at radius 2 is 1.78 bits per heavy atom. The lowest BCUT2D eigenvalue weighted by Crippen LogP contribution is -2.63. The quantitative estimate of drug-likeness (QED) is 0.135. The van der Waals surface area contributed by atoms with E-state index in [1.54, 1.807) is 0 Å². The second-order valence-corrected chi connectivity index (χ2v) is 15.1. The Morgan fingerprint density at radius 1 is 1.00 bits per heavy atom. The molecule has 264 valence electrons. The van der Waals surface area contributed by atoms with E-state index < -0.39 is 5.41 Å². The highest BCUT2D eigenvalue weighted by atomic mass is 16.5. The Kier molecular flexibility index (Phi) is 8.45. The number of methoxy groups -OCH3 is 1. The summed E-state index contributed by atoms with van der Waals surface area (Å²) in [6.45, 7) is 6.47. The Labute approximate surface area is 293 Å². The maximum absolute atomic E-state index is 14.1. The molecule has 3 aliphatic heterocycles. The van der Waals surface area contributed by atoms with Crippen LogP contribution < -0.4 is 0 Å². The van der Waals surface area contributed by atoms with Crippen molar-refractivity contribution in [3.05, 3.63) is 87.8 Å². The summed E-state index contributed by atoms with van der Waals surface area (Å²) in [4.78, 5) is 26.6. The Bertz CT molecular complexity index is 2020. The molecular weight excluding hydrogens is 628 g/mol. The van der Waals surface area contributed by atoms with Gasteiger partial charge in [0.2, 0.25) is 0 Å². The molecule has 2 aromatic heterocycles. The number of ether oxygens (including phenoxy) is 1. The zero-order valence-corrected chi connectivity index (χ0v) is 29.6. The van der Waals surface area contributed by atoms with Crippen molar-refractivity contribution in [3.8, 4) is 5.75 Å². The summed E-state index contributed by atoms with van der Waals surface area (Å²) in [6.07, 6.45) is 7.96. The van der Waals surface area contributed by atoms with E-state index in [-0.39, 0.29) is 48.9 Å². The first-order valence-corrected chi connectivity index (χ1v) is 18.3. The molecule has 0 spiro atoms. The molecule has 9 nitrogen and oxygen atoms in total. The lowest BCUT2D eigenvalue weighted by Gasteiger charge is -2.53. The molecule has 2 bridgehead atoms. The van der Waals surface area contributed by atoms with Crippen molar-refractivity contribution in [1.29, 1.82) is 0 Å². The Balaban J connectivity index is 1.37. The number of rotatable bonds is 5. The van der Waals surface area contributed by atoms with Crippen LogP contribution >= 0.6 is 0 Å². The van der Waals surface area contributed by atoms with Gasteiger partial charge in [-0.15, -0.1) is 0 Å². The Morgan fingerprint density at radius 3 is 2.52 bits per heavy atom. The van der Waals surface area contributed by atoms with Crippen LogP contribution in [0.15, 0.2) is 59.7 Å². The first kappa shape index (κ1) is 33.3. The summed E-state index contributed by atoms with van der Waals surface area (Å²) in [6, 6.07) is 12.1. The van der Waals surface area contributed by atoms with Crippen molar-refractivity contribution in [2.75, 3.05) is 47.0 Å².